The third-order valence-corrected chi connectivity index (χ3v) is 3.32. The molecule has 1 aliphatic rings. The fourth-order valence-corrected chi connectivity index (χ4v) is 2.19. The molecule has 6 heteroatoms. The van der Waals surface area contributed by atoms with Crippen LogP contribution in [-0.2, 0) is 9.53 Å². The van der Waals surface area contributed by atoms with E-state index in [1.54, 1.807) is 0 Å². The van der Waals surface area contributed by atoms with Crippen LogP contribution < -0.4 is 11.1 Å². The molecule has 1 fully saturated rings. The fraction of sp³-hybridized carbons (Fsp3) is 0.667. The van der Waals surface area contributed by atoms with Gasteiger partial charge in [0.2, 0.25) is 5.91 Å². The molecule has 1 aromatic heterocycles. The molecule has 0 aliphatic heterocycles. The van der Waals surface area contributed by atoms with Crippen molar-refractivity contribution in [2.75, 3.05) is 17.7 Å². The molecule has 2 rings (SSSR count). The maximum absolute atomic E-state index is 11.8. The molecule has 0 spiro atoms. The number of nitrogens with two attached hydrogens (primary N) is 1. The van der Waals surface area contributed by atoms with Crippen molar-refractivity contribution in [3.63, 3.8) is 0 Å². The summed E-state index contributed by atoms with van der Waals surface area (Å²) < 4.78 is 5.46. The summed E-state index contributed by atoms with van der Waals surface area (Å²) in [5.41, 5.74) is 7.03. The summed E-state index contributed by atoms with van der Waals surface area (Å²) in [7, 11) is 0. The second kappa shape index (κ2) is 5.39. The van der Waals surface area contributed by atoms with Gasteiger partial charge in [0, 0.05) is 13.0 Å². The third-order valence-electron chi connectivity index (χ3n) is 3.32. The number of aryl methyl sites for hydroxylation is 1. The number of anilines is 2. The van der Waals surface area contributed by atoms with Crippen LogP contribution in [-0.4, -0.2) is 28.8 Å². The van der Waals surface area contributed by atoms with Gasteiger partial charge in [-0.15, -0.1) is 0 Å². The first kappa shape index (κ1) is 12.9. The molecule has 18 heavy (non-hydrogen) atoms. The van der Waals surface area contributed by atoms with Gasteiger partial charge in [-0.25, -0.2) is 0 Å². The molecule has 100 valence electrons. The van der Waals surface area contributed by atoms with Crippen LogP contribution in [0.5, 0.6) is 0 Å². The first-order valence-electron chi connectivity index (χ1n) is 6.32. The summed E-state index contributed by atoms with van der Waals surface area (Å²) in [6, 6.07) is 0. The molecule has 1 aliphatic carbocycles. The maximum atomic E-state index is 11.8. The van der Waals surface area contributed by atoms with Gasteiger partial charge in [0.15, 0.2) is 5.82 Å². The zero-order chi connectivity index (χ0) is 13.1. The van der Waals surface area contributed by atoms with Crippen LogP contribution in [0.4, 0.5) is 11.5 Å². The van der Waals surface area contributed by atoms with Crippen molar-refractivity contribution < 1.29 is 9.53 Å². The standard InChI is InChI=1S/C12H20N4O2/c1-3-18-9-4-8(5-9)6-10(17)14-12-11(13)7(2)15-16-12/h8-9H,3-6,13H2,1-2H3,(H2,14,15,16,17). The minimum absolute atomic E-state index is 0.0341. The smallest absolute Gasteiger partial charge is 0.225 e. The van der Waals surface area contributed by atoms with Crippen molar-refractivity contribution in [3.8, 4) is 0 Å². The lowest BCUT2D eigenvalue weighted by molar-refractivity contribution is -0.119. The SMILES string of the molecule is CCOC1CC(CC(=O)Nc2n[nH]c(C)c2N)C1. The fourth-order valence-electron chi connectivity index (χ4n) is 2.19. The molecule has 0 unspecified atom stereocenters. The van der Waals surface area contributed by atoms with Gasteiger partial charge in [-0.1, -0.05) is 0 Å². The Hall–Kier alpha value is -1.56. The Kier molecular flexibility index (Phi) is 3.86. The molecule has 0 radical (unpaired) electrons. The van der Waals surface area contributed by atoms with Gasteiger partial charge in [-0.05, 0) is 32.6 Å². The number of hydrogen-bond donors (Lipinski definition) is 3. The molecule has 4 N–H and O–H groups in total. The molecule has 1 aromatic rings. The van der Waals surface area contributed by atoms with Crippen LogP contribution in [0.15, 0.2) is 0 Å². The summed E-state index contributed by atoms with van der Waals surface area (Å²) >= 11 is 0. The number of aromatic nitrogens is 2. The number of hydrogen-bond acceptors (Lipinski definition) is 4. The molecule has 1 amide bonds. The van der Waals surface area contributed by atoms with Gasteiger partial charge in [-0.3, -0.25) is 9.89 Å². The van der Waals surface area contributed by atoms with E-state index in [1.807, 2.05) is 13.8 Å². The Morgan fingerprint density at radius 3 is 2.89 bits per heavy atom. The largest absolute Gasteiger partial charge is 0.394 e. The maximum Gasteiger partial charge on any atom is 0.225 e. The number of H-pyrrole nitrogens is 1. The van der Waals surface area contributed by atoms with E-state index < -0.39 is 0 Å². The summed E-state index contributed by atoms with van der Waals surface area (Å²) in [6.45, 7) is 4.55. The van der Waals surface area contributed by atoms with E-state index in [-0.39, 0.29) is 5.91 Å². The Morgan fingerprint density at radius 1 is 1.61 bits per heavy atom. The van der Waals surface area contributed by atoms with Crippen molar-refractivity contribution in [3.05, 3.63) is 5.69 Å². The average Bonchev–Trinajstić information content (AvgIpc) is 2.58. The van der Waals surface area contributed by atoms with Crippen LogP contribution in [0.2, 0.25) is 0 Å². The van der Waals surface area contributed by atoms with Gasteiger partial charge < -0.3 is 15.8 Å². The van der Waals surface area contributed by atoms with Crippen molar-refractivity contribution >= 4 is 17.4 Å². The van der Waals surface area contributed by atoms with Crippen molar-refractivity contribution in [1.29, 1.82) is 0 Å². The number of nitrogen functional groups attached to an aromatic ring is 1. The van der Waals surface area contributed by atoms with Crippen LogP contribution >= 0.6 is 0 Å². The van der Waals surface area contributed by atoms with Crippen molar-refractivity contribution in [2.24, 2.45) is 5.92 Å². The quantitative estimate of drug-likeness (QED) is 0.739. The van der Waals surface area contributed by atoms with Crippen LogP contribution in [0, 0.1) is 12.8 Å². The second-order valence-corrected chi connectivity index (χ2v) is 4.78. The first-order chi connectivity index (χ1) is 8.60. The predicted octanol–water partition coefficient (Wildman–Crippen LogP) is 1.44. The van der Waals surface area contributed by atoms with Crippen molar-refractivity contribution in [2.45, 2.75) is 39.2 Å². The van der Waals surface area contributed by atoms with Gasteiger partial charge in [0.1, 0.15) is 0 Å². The lowest BCUT2D eigenvalue weighted by Gasteiger charge is -2.34. The van der Waals surface area contributed by atoms with Gasteiger partial charge in [-0.2, -0.15) is 5.10 Å². The summed E-state index contributed by atoms with van der Waals surface area (Å²) in [5.74, 6) is 0.814. The number of carbonyl (C=O) groups is 1. The minimum Gasteiger partial charge on any atom is -0.394 e. The molecule has 0 aromatic carbocycles. The van der Waals surface area contributed by atoms with Crippen LogP contribution in [0.25, 0.3) is 0 Å². The second-order valence-electron chi connectivity index (χ2n) is 4.78. The zero-order valence-electron chi connectivity index (χ0n) is 10.8. The summed E-state index contributed by atoms with van der Waals surface area (Å²) in [6.07, 6.45) is 2.78. The Morgan fingerprint density at radius 2 is 2.33 bits per heavy atom. The van der Waals surface area contributed by atoms with E-state index in [2.05, 4.69) is 15.5 Å². The number of ether oxygens (including phenoxy) is 1. The Balaban J connectivity index is 1.75. The highest BCUT2D eigenvalue weighted by molar-refractivity contribution is 5.92. The minimum atomic E-state index is -0.0341. The highest BCUT2D eigenvalue weighted by Crippen LogP contribution is 2.33. The number of rotatable bonds is 5. The average molecular weight is 252 g/mol. The van der Waals surface area contributed by atoms with Gasteiger partial charge in [0.05, 0.1) is 17.5 Å². The topological polar surface area (TPSA) is 93.0 Å². The molecule has 1 saturated carbocycles. The number of amides is 1. The van der Waals surface area contributed by atoms with E-state index in [0.717, 1.165) is 25.1 Å². The first-order valence-corrected chi connectivity index (χ1v) is 6.32. The Bertz CT molecular complexity index is 424. The molecular weight excluding hydrogens is 232 g/mol. The van der Waals surface area contributed by atoms with E-state index in [1.165, 1.54) is 0 Å². The van der Waals surface area contributed by atoms with Crippen LogP contribution in [0.1, 0.15) is 31.9 Å². The molecule has 0 atom stereocenters. The van der Waals surface area contributed by atoms with E-state index in [0.29, 0.717) is 29.9 Å². The van der Waals surface area contributed by atoms with Gasteiger partial charge >= 0.3 is 0 Å². The van der Waals surface area contributed by atoms with E-state index in [9.17, 15) is 4.79 Å². The molecular formula is C12H20N4O2. The van der Waals surface area contributed by atoms with Crippen LogP contribution in [0.3, 0.4) is 0 Å². The Labute approximate surface area is 106 Å². The van der Waals surface area contributed by atoms with E-state index in [4.69, 9.17) is 10.5 Å². The summed E-state index contributed by atoms with van der Waals surface area (Å²) in [5, 5.41) is 9.41. The monoisotopic (exact) mass is 252 g/mol. The van der Waals surface area contributed by atoms with E-state index >= 15 is 0 Å². The molecule has 1 heterocycles. The number of nitrogens with zero attached hydrogens (tertiary/aromatic N) is 1. The third kappa shape index (κ3) is 2.81. The lowest BCUT2D eigenvalue weighted by Crippen LogP contribution is -2.34. The number of nitrogens with one attached hydrogen (secondary N) is 2. The highest BCUT2D eigenvalue weighted by Gasteiger charge is 2.31. The molecule has 0 saturated heterocycles. The van der Waals surface area contributed by atoms with Gasteiger partial charge in [0.25, 0.3) is 0 Å². The highest BCUT2D eigenvalue weighted by atomic mass is 16.5. The number of carbonyl (C=O) groups excluding carboxylic acids is 1. The molecule has 6 nitrogen and oxygen atoms in total. The lowest BCUT2D eigenvalue weighted by atomic mass is 9.80. The molecule has 0 bridgehead atoms. The zero-order valence-corrected chi connectivity index (χ0v) is 10.8. The normalized spacial score (nSPS) is 22.6. The summed E-state index contributed by atoms with van der Waals surface area (Å²) in [4.78, 5) is 11.8. The number of aromatic amines is 1. The van der Waals surface area contributed by atoms with Crippen molar-refractivity contribution in [1.82, 2.24) is 10.2 Å². The predicted molar refractivity (Wildman–Crippen MR) is 69.1 cm³/mol.